The summed E-state index contributed by atoms with van der Waals surface area (Å²) in [6, 6.07) is 6.27. The molecule has 0 saturated heterocycles. The number of carbonyl (C=O) groups is 2. The molecule has 8 atom stereocenters. The Balaban J connectivity index is 3.77. The van der Waals surface area contributed by atoms with Gasteiger partial charge in [-0.2, -0.15) is 0 Å². The van der Waals surface area contributed by atoms with Gasteiger partial charge in [-0.25, -0.2) is 4.79 Å². The zero-order valence-electron chi connectivity index (χ0n) is 40.4. The van der Waals surface area contributed by atoms with E-state index in [2.05, 4.69) is 163 Å². The minimum atomic E-state index is -2.20. The topological polar surface area (TPSA) is 85.9 Å². The summed E-state index contributed by atoms with van der Waals surface area (Å²) in [6.45, 7) is 43.5. The molecule has 2 N–H and O–H groups in total. The highest BCUT2D eigenvalue weighted by Crippen LogP contribution is 2.42. The number of ether oxygens (including phenoxy) is 1. The van der Waals surface area contributed by atoms with E-state index in [0.29, 0.717) is 6.42 Å². The largest absolute Gasteiger partial charge is 0.444 e. The van der Waals surface area contributed by atoms with E-state index in [0.717, 1.165) is 36.3 Å². The third kappa shape index (κ3) is 15.9. The minimum Gasteiger partial charge on any atom is -0.444 e. The van der Waals surface area contributed by atoms with E-state index < -0.39 is 36.4 Å². The fourth-order valence-electron chi connectivity index (χ4n) is 7.86. The molecular weight excluding hydrogens is 757 g/mol. The number of carbonyl (C=O) groups excluding carboxylic acids is 2. The maximum absolute atomic E-state index is 12.8. The first kappa shape index (κ1) is 53.1. The maximum Gasteiger partial charge on any atom is 0.408 e. The SMILES string of the molecule is CC[Si](C#C[C@]1(C)C[C@H](NC(=O)OC(C)(C)C)C=C[C@@H]1/C=C(C)/C=C/[C@@H](C)[C@@H](O[Si](CC)(CC)CC)[C@H](C)[C@H](O[Si](C)(C)C(C)(C)C)[C@@H](C)NC(C)=O)(CC)CC. The van der Waals surface area contributed by atoms with Crippen molar-refractivity contribution in [3.05, 3.63) is 36.0 Å². The maximum atomic E-state index is 12.8. The smallest absolute Gasteiger partial charge is 0.408 e. The molecule has 2 amide bonds. The van der Waals surface area contributed by atoms with Crippen molar-refractivity contribution in [3.8, 4) is 11.5 Å². The normalized spacial score (nSPS) is 22.6. The van der Waals surface area contributed by atoms with Crippen LogP contribution in [0.15, 0.2) is 36.0 Å². The zero-order chi connectivity index (χ0) is 44.2. The molecule has 1 aliphatic rings. The van der Waals surface area contributed by atoms with Crippen LogP contribution in [0.2, 0.25) is 54.4 Å². The van der Waals surface area contributed by atoms with Crippen molar-refractivity contribution in [2.45, 2.75) is 215 Å². The van der Waals surface area contributed by atoms with Crippen molar-refractivity contribution in [1.29, 1.82) is 0 Å². The summed E-state index contributed by atoms with van der Waals surface area (Å²) < 4.78 is 20.3. The number of allylic oxidation sites excluding steroid dienone is 4. The Bertz CT molecular complexity index is 1420. The van der Waals surface area contributed by atoms with Gasteiger partial charge in [0.1, 0.15) is 13.7 Å². The summed E-state index contributed by atoms with van der Waals surface area (Å²) >= 11 is 0. The molecule has 0 aromatic rings. The third-order valence-electron chi connectivity index (χ3n) is 13.4. The molecule has 1 rings (SSSR count). The van der Waals surface area contributed by atoms with E-state index in [-0.39, 0.29) is 58.4 Å². The molecule has 10 heteroatoms. The molecule has 0 fully saturated rings. The van der Waals surface area contributed by atoms with Gasteiger partial charge in [0.15, 0.2) is 16.6 Å². The van der Waals surface area contributed by atoms with Gasteiger partial charge < -0.3 is 24.2 Å². The van der Waals surface area contributed by atoms with Crippen LogP contribution < -0.4 is 10.6 Å². The lowest BCUT2D eigenvalue weighted by molar-refractivity contribution is -0.120. The third-order valence-corrected chi connectivity index (χ3v) is 27.2. The van der Waals surface area contributed by atoms with Crippen molar-refractivity contribution in [2.75, 3.05) is 0 Å². The molecule has 0 aliphatic heterocycles. The van der Waals surface area contributed by atoms with Crippen LogP contribution in [0.4, 0.5) is 4.79 Å². The van der Waals surface area contributed by atoms with Crippen LogP contribution in [-0.2, 0) is 18.4 Å². The van der Waals surface area contributed by atoms with Crippen molar-refractivity contribution in [1.82, 2.24) is 10.6 Å². The van der Waals surface area contributed by atoms with Gasteiger partial charge in [0.25, 0.3) is 0 Å². The van der Waals surface area contributed by atoms with Gasteiger partial charge in [-0.3, -0.25) is 4.79 Å². The second-order valence-electron chi connectivity index (χ2n) is 20.0. The highest BCUT2D eigenvalue weighted by atomic mass is 28.4. The van der Waals surface area contributed by atoms with Crippen LogP contribution >= 0.6 is 0 Å². The van der Waals surface area contributed by atoms with Crippen molar-refractivity contribution < 1.29 is 23.2 Å². The highest BCUT2D eigenvalue weighted by molar-refractivity contribution is 6.87. The zero-order valence-corrected chi connectivity index (χ0v) is 43.4. The Morgan fingerprint density at radius 1 is 0.860 bits per heavy atom. The van der Waals surface area contributed by atoms with E-state index >= 15 is 0 Å². The molecular formula is C47H88N2O5Si3. The summed E-state index contributed by atoms with van der Waals surface area (Å²) in [5, 5.41) is 6.32. The van der Waals surface area contributed by atoms with Crippen molar-refractivity contribution in [2.24, 2.45) is 23.2 Å². The Hall–Kier alpha value is -1.91. The van der Waals surface area contributed by atoms with Crippen molar-refractivity contribution >= 4 is 36.7 Å². The molecule has 0 bridgehead atoms. The fourth-order valence-corrected chi connectivity index (χ4v) is 14.9. The number of amides is 2. The average Bonchev–Trinajstić information content (AvgIpc) is 3.10. The number of rotatable bonds is 19. The molecule has 0 unspecified atom stereocenters. The minimum absolute atomic E-state index is 0.0189. The second kappa shape index (κ2) is 22.1. The van der Waals surface area contributed by atoms with Crippen LogP contribution in [0.5, 0.6) is 0 Å². The molecule has 328 valence electrons. The molecule has 0 radical (unpaired) electrons. The Morgan fingerprint density at radius 3 is 1.86 bits per heavy atom. The molecule has 0 aromatic heterocycles. The lowest BCUT2D eigenvalue weighted by Crippen LogP contribution is -2.56. The van der Waals surface area contributed by atoms with E-state index in [1.54, 1.807) is 6.92 Å². The van der Waals surface area contributed by atoms with Crippen LogP contribution in [0.25, 0.3) is 0 Å². The second-order valence-corrected chi connectivity index (χ2v) is 34.4. The fraction of sp³-hybridized carbons (Fsp3) is 0.787. The Labute approximate surface area is 355 Å². The van der Waals surface area contributed by atoms with E-state index in [1.165, 1.54) is 5.57 Å². The summed E-state index contributed by atoms with van der Waals surface area (Å²) in [5.41, 5.74) is 4.14. The van der Waals surface area contributed by atoms with Gasteiger partial charge in [0.05, 0.1) is 24.3 Å². The first-order chi connectivity index (χ1) is 26.1. The van der Waals surface area contributed by atoms with Gasteiger partial charge in [-0.05, 0) is 108 Å². The molecule has 1 aliphatic carbocycles. The van der Waals surface area contributed by atoms with Crippen molar-refractivity contribution in [3.63, 3.8) is 0 Å². The van der Waals surface area contributed by atoms with Gasteiger partial charge in [0, 0.05) is 24.2 Å². The first-order valence-corrected chi connectivity index (χ1v) is 30.4. The number of hydrogen-bond donors (Lipinski definition) is 2. The number of hydrogen-bond acceptors (Lipinski definition) is 5. The van der Waals surface area contributed by atoms with Crippen LogP contribution in [0, 0.1) is 34.6 Å². The summed E-state index contributed by atoms with van der Waals surface area (Å²) in [7, 11) is -5.95. The molecule has 0 heterocycles. The Morgan fingerprint density at radius 2 is 1.40 bits per heavy atom. The quantitative estimate of drug-likeness (QED) is 0.0585. The van der Waals surface area contributed by atoms with Crippen LogP contribution in [0.3, 0.4) is 0 Å². The molecule has 7 nitrogen and oxygen atoms in total. The van der Waals surface area contributed by atoms with Crippen LogP contribution in [-0.4, -0.2) is 66.6 Å². The predicted octanol–water partition coefficient (Wildman–Crippen LogP) is 12.6. The number of nitrogens with one attached hydrogen (secondary N) is 2. The molecule has 0 aromatic carbocycles. The first-order valence-electron chi connectivity index (χ1n) is 22.3. The molecule has 0 spiro atoms. The van der Waals surface area contributed by atoms with E-state index in [1.807, 2.05) is 20.8 Å². The average molecular weight is 845 g/mol. The lowest BCUT2D eigenvalue weighted by Gasteiger charge is -2.46. The van der Waals surface area contributed by atoms with Gasteiger partial charge in [-0.1, -0.05) is 112 Å². The summed E-state index contributed by atoms with van der Waals surface area (Å²) in [5.74, 6) is 4.00. The number of alkyl carbamates (subject to hydrolysis) is 1. The predicted molar refractivity (Wildman–Crippen MR) is 252 cm³/mol. The van der Waals surface area contributed by atoms with E-state index in [9.17, 15) is 9.59 Å². The van der Waals surface area contributed by atoms with Gasteiger partial charge in [-0.15, -0.1) is 11.5 Å². The summed E-state index contributed by atoms with van der Waals surface area (Å²) in [4.78, 5) is 25.3. The monoisotopic (exact) mass is 845 g/mol. The highest BCUT2D eigenvalue weighted by Gasteiger charge is 2.45. The van der Waals surface area contributed by atoms with Gasteiger partial charge >= 0.3 is 6.09 Å². The van der Waals surface area contributed by atoms with Gasteiger partial charge in [0.2, 0.25) is 5.91 Å². The van der Waals surface area contributed by atoms with Crippen LogP contribution in [0.1, 0.15) is 131 Å². The van der Waals surface area contributed by atoms with E-state index in [4.69, 9.17) is 13.6 Å². The lowest BCUT2D eigenvalue weighted by atomic mass is 9.69. The molecule has 57 heavy (non-hydrogen) atoms. The standard InChI is InChI=1S/C47H88N2O5Si3/c1-21-56(22-2,23-3)32-31-47(18)34-41(49-44(51)52-45(12,13)14)30-29-40(47)33-35(7)27-28-36(8)42(54-57(24-4,25-5)26-6)37(9)43(38(10)48-39(11)50)53-55(19,20)46(15,16)17/h27-30,33,36-38,40-43H,21-26,34H2,1-20H3,(H,48,50)(H,49,51)/b28-27+,35-33+/t36-,37+,38-,40-,41-,42-,43+,47-/m1/s1. The Kier molecular flexibility index (Phi) is 20.6. The summed E-state index contributed by atoms with van der Waals surface area (Å²) in [6.07, 6.45) is 11.3. The molecule has 0 saturated carbocycles.